The van der Waals surface area contributed by atoms with Gasteiger partial charge in [-0.25, -0.2) is 4.98 Å². The van der Waals surface area contributed by atoms with Crippen LogP contribution in [-0.4, -0.2) is 29.8 Å². The predicted octanol–water partition coefficient (Wildman–Crippen LogP) is 6.01. The molecule has 41 heavy (non-hydrogen) atoms. The van der Waals surface area contributed by atoms with Gasteiger partial charge >= 0.3 is 0 Å². The van der Waals surface area contributed by atoms with Crippen LogP contribution >= 0.6 is 0 Å². The lowest BCUT2D eigenvalue weighted by Crippen LogP contribution is -2.20. The van der Waals surface area contributed by atoms with Gasteiger partial charge in [0.1, 0.15) is 12.2 Å². The lowest BCUT2D eigenvalue weighted by molar-refractivity contribution is 0.174. The minimum atomic E-state index is -0.307. The predicted molar refractivity (Wildman–Crippen MR) is 154 cm³/mol. The van der Waals surface area contributed by atoms with Gasteiger partial charge in [-0.05, 0) is 65.7 Å². The van der Waals surface area contributed by atoms with E-state index >= 15 is 0 Å². The maximum absolute atomic E-state index is 13.5. The number of hydrogen-bond donors (Lipinski definition) is 0. The maximum atomic E-state index is 13.5. The van der Waals surface area contributed by atoms with Gasteiger partial charge in [-0.1, -0.05) is 36.4 Å². The number of aromatic nitrogens is 2. The van der Waals surface area contributed by atoms with E-state index in [1.165, 1.54) is 4.68 Å². The summed E-state index contributed by atoms with van der Waals surface area (Å²) in [4.78, 5) is 18.3. The van der Waals surface area contributed by atoms with Crippen LogP contribution in [0.5, 0.6) is 23.0 Å². The average Bonchev–Trinajstić information content (AvgIpc) is 3.66. The molecule has 0 fully saturated rings. The van der Waals surface area contributed by atoms with Gasteiger partial charge in [0.25, 0.3) is 5.56 Å². The second-order valence-electron chi connectivity index (χ2n) is 9.35. The Hall–Kier alpha value is -5.57. The monoisotopic (exact) mass is 545 g/mol. The molecule has 6 aromatic rings. The molecule has 0 saturated carbocycles. The van der Waals surface area contributed by atoms with E-state index in [2.05, 4.69) is 5.10 Å². The third-order valence-corrected chi connectivity index (χ3v) is 6.74. The van der Waals surface area contributed by atoms with Crippen molar-refractivity contribution >= 4 is 28.1 Å². The van der Waals surface area contributed by atoms with Crippen molar-refractivity contribution in [3.8, 4) is 34.6 Å². The lowest BCUT2D eigenvalue weighted by atomic mass is 10.2. The highest BCUT2D eigenvalue weighted by Crippen LogP contribution is 2.34. The van der Waals surface area contributed by atoms with Crippen LogP contribution in [0.4, 0.5) is 0 Å². The first kappa shape index (κ1) is 24.5. The Bertz CT molecular complexity index is 1980. The molecule has 0 spiro atoms. The fourth-order valence-corrected chi connectivity index (χ4v) is 4.68. The van der Waals surface area contributed by atoms with Crippen molar-refractivity contribution in [2.24, 2.45) is 5.10 Å². The number of fused-ring (bicyclic) bond motifs is 3. The smallest absolute Gasteiger partial charge is 0.282 e. The van der Waals surface area contributed by atoms with Crippen molar-refractivity contribution < 1.29 is 23.4 Å². The van der Waals surface area contributed by atoms with Crippen molar-refractivity contribution in [2.45, 2.75) is 6.61 Å². The molecule has 0 unspecified atom stereocenters. The second kappa shape index (κ2) is 10.2. The second-order valence-corrected chi connectivity index (χ2v) is 9.35. The molecular weight excluding hydrogens is 522 g/mol. The van der Waals surface area contributed by atoms with Crippen LogP contribution in [0.2, 0.25) is 0 Å². The summed E-state index contributed by atoms with van der Waals surface area (Å²) in [5, 5.41) is 5.90. The highest BCUT2D eigenvalue weighted by molar-refractivity contribution is 5.85. The van der Waals surface area contributed by atoms with E-state index in [1.54, 1.807) is 43.7 Å². The highest BCUT2D eigenvalue weighted by Gasteiger charge is 2.17. The van der Waals surface area contributed by atoms with Gasteiger partial charge in [0.15, 0.2) is 28.8 Å². The number of rotatable bonds is 7. The summed E-state index contributed by atoms with van der Waals surface area (Å²) in [6.45, 7) is 0.539. The molecule has 7 rings (SSSR count). The topological polar surface area (TPSA) is 97.3 Å². The number of methoxy groups -OCH3 is 1. The Morgan fingerprint density at radius 3 is 2.68 bits per heavy atom. The summed E-state index contributed by atoms with van der Waals surface area (Å²) >= 11 is 0. The molecule has 9 nitrogen and oxygen atoms in total. The Labute approximate surface area is 233 Å². The molecule has 0 bridgehead atoms. The van der Waals surface area contributed by atoms with Gasteiger partial charge in [-0.15, -0.1) is 0 Å². The summed E-state index contributed by atoms with van der Waals surface area (Å²) in [5.41, 5.74) is 2.58. The van der Waals surface area contributed by atoms with Crippen LogP contribution < -0.4 is 24.5 Å². The van der Waals surface area contributed by atoms with Crippen LogP contribution in [0.15, 0.2) is 105 Å². The highest BCUT2D eigenvalue weighted by atomic mass is 16.7. The van der Waals surface area contributed by atoms with Crippen LogP contribution in [0.25, 0.3) is 33.5 Å². The zero-order chi connectivity index (χ0) is 27.8. The van der Waals surface area contributed by atoms with E-state index in [4.69, 9.17) is 28.3 Å². The van der Waals surface area contributed by atoms with Gasteiger partial charge in [-0.3, -0.25) is 4.79 Å². The summed E-state index contributed by atoms with van der Waals surface area (Å²) in [6, 6.07) is 27.8. The molecule has 0 aliphatic carbocycles. The Morgan fingerprint density at radius 1 is 0.927 bits per heavy atom. The molecule has 1 aliphatic rings. The molecule has 0 amide bonds. The minimum absolute atomic E-state index is 0.220. The van der Waals surface area contributed by atoms with E-state index in [-0.39, 0.29) is 12.4 Å². The summed E-state index contributed by atoms with van der Waals surface area (Å²) in [6.07, 6.45) is 1.58. The molecule has 0 radical (unpaired) electrons. The fraction of sp³-hybridized carbons (Fsp3) is 0.0938. The lowest BCUT2D eigenvalue weighted by Gasteiger charge is -2.12. The van der Waals surface area contributed by atoms with Crippen LogP contribution in [0.1, 0.15) is 11.1 Å². The third kappa shape index (κ3) is 4.63. The summed E-state index contributed by atoms with van der Waals surface area (Å²) in [5.74, 6) is 3.25. The van der Waals surface area contributed by atoms with Crippen molar-refractivity contribution in [2.75, 3.05) is 13.9 Å². The molecule has 9 heteroatoms. The van der Waals surface area contributed by atoms with Crippen molar-refractivity contribution in [1.29, 1.82) is 0 Å². The minimum Gasteiger partial charge on any atom is -0.493 e. The van der Waals surface area contributed by atoms with Gasteiger partial charge < -0.3 is 23.4 Å². The maximum Gasteiger partial charge on any atom is 0.282 e. The number of ether oxygens (including phenoxy) is 4. The zero-order valence-corrected chi connectivity index (χ0v) is 21.9. The molecule has 0 N–H and O–H groups in total. The molecule has 202 valence electrons. The van der Waals surface area contributed by atoms with E-state index in [9.17, 15) is 4.79 Å². The van der Waals surface area contributed by atoms with Crippen LogP contribution in [-0.2, 0) is 6.61 Å². The zero-order valence-electron chi connectivity index (χ0n) is 21.9. The van der Waals surface area contributed by atoms with E-state index in [0.717, 1.165) is 16.7 Å². The van der Waals surface area contributed by atoms with Gasteiger partial charge in [0.2, 0.25) is 12.6 Å². The van der Waals surface area contributed by atoms with Crippen molar-refractivity contribution in [3.05, 3.63) is 112 Å². The Morgan fingerprint density at radius 2 is 1.78 bits per heavy atom. The Kier molecular flexibility index (Phi) is 6.09. The molecule has 4 aromatic carbocycles. The van der Waals surface area contributed by atoms with Crippen LogP contribution in [0, 0.1) is 0 Å². The summed E-state index contributed by atoms with van der Waals surface area (Å²) in [7, 11) is 1.57. The van der Waals surface area contributed by atoms with Crippen LogP contribution in [0.3, 0.4) is 0 Å². The van der Waals surface area contributed by atoms with E-state index in [0.29, 0.717) is 57.5 Å². The standard InChI is InChI=1S/C32H23N3O6/c1-37-28-14-20(10-12-26(28)38-18-21-11-13-27-29(15-21)40-19-39-27)17-33-35-31(30-16-22-6-2-5-9-25(22)41-30)34-24-8-4-3-7-23(24)32(35)36/h2-17H,18-19H2,1H3. The Balaban J connectivity index is 1.21. The van der Waals surface area contributed by atoms with E-state index in [1.807, 2.05) is 60.7 Å². The third-order valence-electron chi connectivity index (χ3n) is 6.74. The molecule has 3 heterocycles. The average molecular weight is 546 g/mol. The number of hydrogen-bond acceptors (Lipinski definition) is 8. The normalized spacial score (nSPS) is 12.4. The molecule has 0 saturated heterocycles. The van der Waals surface area contributed by atoms with Gasteiger partial charge in [0, 0.05) is 5.39 Å². The quantitative estimate of drug-likeness (QED) is 0.227. The van der Waals surface area contributed by atoms with Crippen molar-refractivity contribution in [3.63, 3.8) is 0 Å². The fourth-order valence-electron chi connectivity index (χ4n) is 4.68. The first-order valence-corrected chi connectivity index (χ1v) is 12.9. The largest absolute Gasteiger partial charge is 0.493 e. The number of furan rings is 1. The van der Waals surface area contributed by atoms with E-state index < -0.39 is 0 Å². The van der Waals surface area contributed by atoms with Crippen molar-refractivity contribution in [1.82, 2.24) is 9.66 Å². The SMILES string of the molecule is COc1cc(C=Nn2c(-c3cc4ccccc4o3)nc3ccccc3c2=O)ccc1OCc1ccc2c(c1)OCO2. The molecule has 1 aliphatic heterocycles. The number of benzene rings is 4. The first-order chi connectivity index (χ1) is 20.2. The first-order valence-electron chi connectivity index (χ1n) is 12.9. The van der Waals surface area contributed by atoms with Gasteiger partial charge in [0.05, 0.1) is 24.2 Å². The van der Waals surface area contributed by atoms with Gasteiger partial charge in [-0.2, -0.15) is 9.78 Å². The molecule has 0 atom stereocenters. The number of nitrogens with zero attached hydrogens (tertiary/aromatic N) is 3. The summed E-state index contributed by atoms with van der Waals surface area (Å²) < 4.78 is 29.7. The molecular formula is C32H23N3O6. The number of para-hydroxylation sites is 2. The molecule has 2 aromatic heterocycles.